The molecule has 1 aromatic heterocycles. The van der Waals surface area contributed by atoms with Crippen LogP contribution in [0.2, 0.25) is 0 Å². The lowest BCUT2D eigenvalue weighted by molar-refractivity contribution is -0.160. The van der Waals surface area contributed by atoms with Crippen LogP contribution in [-0.4, -0.2) is 21.7 Å². The molecule has 0 aliphatic carbocycles. The zero-order valence-electron chi connectivity index (χ0n) is 16.5. The number of pyridine rings is 1. The number of aryl methyl sites for hydroxylation is 1. The van der Waals surface area contributed by atoms with Crippen molar-refractivity contribution in [3.8, 4) is 11.1 Å². The van der Waals surface area contributed by atoms with Crippen LogP contribution in [0, 0.1) is 6.92 Å². The predicted octanol–water partition coefficient (Wildman–Crippen LogP) is 5.62. The van der Waals surface area contributed by atoms with E-state index in [9.17, 15) is 14.3 Å². The Hall–Kier alpha value is -2.79. The number of para-hydroxylation sites is 1. The quantitative estimate of drug-likeness (QED) is 0.623. The van der Waals surface area contributed by atoms with Crippen molar-refractivity contribution in [2.24, 2.45) is 0 Å². The third-order valence-electron chi connectivity index (χ3n) is 4.48. The van der Waals surface area contributed by atoms with Gasteiger partial charge in [0.2, 0.25) is 0 Å². The fourth-order valence-corrected chi connectivity index (χ4v) is 3.33. The number of nitrogens with zero attached hydrogens (tertiary/aromatic N) is 1. The van der Waals surface area contributed by atoms with Crippen LogP contribution in [0.1, 0.15) is 43.7 Å². The van der Waals surface area contributed by atoms with Gasteiger partial charge in [0, 0.05) is 16.6 Å². The Morgan fingerprint density at radius 2 is 1.79 bits per heavy atom. The minimum atomic E-state index is -1.17. The molecule has 0 unspecified atom stereocenters. The van der Waals surface area contributed by atoms with Crippen molar-refractivity contribution in [3.63, 3.8) is 0 Å². The maximum absolute atomic E-state index is 13.0. The summed E-state index contributed by atoms with van der Waals surface area (Å²) in [7, 11) is 0. The van der Waals surface area contributed by atoms with Crippen molar-refractivity contribution < 1.29 is 19.0 Å². The number of carbonyl (C=O) groups is 1. The van der Waals surface area contributed by atoms with Crippen molar-refractivity contribution in [1.82, 2.24) is 4.98 Å². The molecule has 1 heterocycles. The smallest absolute Gasteiger partial charge is 0.337 e. The van der Waals surface area contributed by atoms with Crippen LogP contribution in [0.3, 0.4) is 0 Å². The van der Waals surface area contributed by atoms with Crippen molar-refractivity contribution in [1.29, 1.82) is 0 Å². The van der Waals surface area contributed by atoms with E-state index in [-0.39, 0.29) is 0 Å². The molecule has 0 amide bonds. The first-order valence-electron chi connectivity index (χ1n) is 9.16. The Balaban J connectivity index is 2.34. The molecular formula is C23H24FNO3. The van der Waals surface area contributed by atoms with Crippen LogP contribution in [0.15, 0.2) is 48.5 Å². The number of carboxylic acid groups (broad SMARTS) is 1. The van der Waals surface area contributed by atoms with Crippen molar-refractivity contribution >= 4 is 16.9 Å². The van der Waals surface area contributed by atoms with Gasteiger partial charge in [-0.3, -0.25) is 4.98 Å². The van der Waals surface area contributed by atoms with E-state index in [0.717, 1.165) is 22.0 Å². The second-order valence-corrected chi connectivity index (χ2v) is 7.78. The summed E-state index contributed by atoms with van der Waals surface area (Å²) in [6.07, 6.45) is -1.17. The molecular weight excluding hydrogens is 357 g/mol. The molecule has 0 saturated heterocycles. The Morgan fingerprint density at radius 1 is 1.14 bits per heavy atom. The normalized spacial score (nSPS) is 12.9. The zero-order valence-corrected chi connectivity index (χ0v) is 16.5. The number of aliphatic carboxylic acids is 1. The fraction of sp³-hybridized carbons (Fsp3) is 0.304. The summed E-state index contributed by atoms with van der Waals surface area (Å²) in [6.45, 7) is 6.71. The van der Waals surface area contributed by atoms with Gasteiger partial charge >= 0.3 is 5.97 Å². The Morgan fingerprint density at radius 3 is 2.36 bits per heavy atom. The van der Waals surface area contributed by atoms with Crippen LogP contribution in [0.5, 0.6) is 0 Å². The molecule has 3 rings (SSSR count). The van der Waals surface area contributed by atoms with E-state index < -0.39 is 24.3 Å². The Bertz CT molecular complexity index is 1010. The summed E-state index contributed by atoms with van der Waals surface area (Å²) in [5.41, 5.74) is 3.36. The van der Waals surface area contributed by atoms with Crippen molar-refractivity contribution in [2.45, 2.75) is 46.1 Å². The molecule has 0 bridgehead atoms. The monoisotopic (exact) mass is 381 g/mol. The molecule has 146 valence electrons. The van der Waals surface area contributed by atoms with Crippen LogP contribution < -0.4 is 0 Å². The average Bonchev–Trinajstić information content (AvgIpc) is 2.64. The summed E-state index contributed by atoms with van der Waals surface area (Å²) in [6, 6.07) is 14.7. The highest BCUT2D eigenvalue weighted by atomic mass is 19.1. The lowest BCUT2D eigenvalue weighted by Crippen LogP contribution is -2.28. The molecule has 1 atom stereocenters. The van der Waals surface area contributed by atoms with Crippen molar-refractivity contribution in [2.75, 3.05) is 0 Å². The minimum absolute atomic E-state index is 0.522. The average molecular weight is 381 g/mol. The topological polar surface area (TPSA) is 59.4 Å². The maximum atomic E-state index is 13.0. The predicted molar refractivity (Wildman–Crippen MR) is 108 cm³/mol. The largest absolute Gasteiger partial charge is 0.479 e. The van der Waals surface area contributed by atoms with Gasteiger partial charge in [-0.2, -0.15) is 0 Å². The maximum Gasteiger partial charge on any atom is 0.337 e. The first-order valence-corrected chi connectivity index (χ1v) is 9.16. The van der Waals surface area contributed by atoms with Gasteiger partial charge in [0.05, 0.1) is 11.1 Å². The van der Waals surface area contributed by atoms with E-state index in [1.807, 2.05) is 57.2 Å². The SMILES string of the molecule is Cc1nc2ccccc2c(-c2ccc(CF)cc2)c1[C@H](OC(C)(C)C)C(=O)O. The Labute approximate surface area is 164 Å². The number of hydrogen-bond acceptors (Lipinski definition) is 3. The lowest BCUT2D eigenvalue weighted by atomic mass is 9.90. The number of carboxylic acids is 1. The molecule has 0 fully saturated rings. The second-order valence-electron chi connectivity index (χ2n) is 7.78. The van der Waals surface area contributed by atoms with Gasteiger partial charge in [0.25, 0.3) is 0 Å². The van der Waals surface area contributed by atoms with E-state index in [2.05, 4.69) is 4.98 Å². The number of alkyl halides is 1. The first-order chi connectivity index (χ1) is 13.2. The number of benzene rings is 2. The summed E-state index contributed by atoms with van der Waals surface area (Å²) in [5.74, 6) is -1.07. The second kappa shape index (κ2) is 7.68. The minimum Gasteiger partial charge on any atom is -0.479 e. The van der Waals surface area contributed by atoms with Crippen LogP contribution >= 0.6 is 0 Å². The third-order valence-corrected chi connectivity index (χ3v) is 4.48. The summed E-state index contributed by atoms with van der Waals surface area (Å²) < 4.78 is 18.9. The number of halogens is 1. The van der Waals surface area contributed by atoms with E-state index in [1.165, 1.54) is 0 Å². The van der Waals surface area contributed by atoms with Crippen LogP contribution in [0.4, 0.5) is 4.39 Å². The molecule has 0 radical (unpaired) electrons. The van der Waals surface area contributed by atoms with Crippen LogP contribution in [0.25, 0.3) is 22.0 Å². The zero-order chi connectivity index (χ0) is 20.5. The molecule has 0 aliphatic rings. The highest BCUT2D eigenvalue weighted by Gasteiger charge is 2.32. The van der Waals surface area contributed by atoms with Gasteiger partial charge in [-0.1, -0.05) is 42.5 Å². The van der Waals surface area contributed by atoms with Gasteiger partial charge in [-0.25, -0.2) is 9.18 Å². The highest BCUT2D eigenvalue weighted by molar-refractivity contribution is 5.98. The molecule has 3 aromatic rings. The lowest BCUT2D eigenvalue weighted by Gasteiger charge is -2.28. The first kappa shape index (κ1) is 20.0. The number of hydrogen-bond donors (Lipinski definition) is 1. The van der Waals surface area contributed by atoms with Crippen molar-refractivity contribution in [3.05, 3.63) is 65.4 Å². The summed E-state index contributed by atoms with van der Waals surface area (Å²) >= 11 is 0. The molecule has 0 spiro atoms. The number of aromatic nitrogens is 1. The summed E-state index contributed by atoms with van der Waals surface area (Å²) in [4.78, 5) is 16.8. The van der Waals surface area contributed by atoms with E-state index in [0.29, 0.717) is 16.8 Å². The van der Waals surface area contributed by atoms with Crippen LogP contribution in [-0.2, 0) is 16.2 Å². The Kier molecular flexibility index (Phi) is 5.47. The fourth-order valence-electron chi connectivity index (χ4n) is 3.33. The molecule has 2 aromatic carbocycles. The highest BCUT2D eigenvalue weighted by Crippen LogP contribution is 2.39. The molecule has 5 heteroatoms. The molecule has 1 N–H and O–H groups in total. The van der Waals surface area contributed by atoms with Gasteiger partial charge in [-0.15, -0.1) is 0 Å². The van der Waals surface area contributed by atoms with Gasteiger partial charge in [-0.05, 0) is 50.5 Å². The molecule has 0 aliphatic heterocycles. The summed E-state index contributed by atoms with van der Waals surface area (Å²) in [5, 5.41) is 10.8. The number of fused-ring (bicyclic) bond motifs is 1. The molecule has 0 saturated carbocycles. The van der Waals surface area contributed by atoms with E-state index in [1.54, 1.807) is 19.1 Å². The van der Waals surface area contributed by atoms with Gasteiger partial charge in [0.15, 0.2) is 6.10 Å². The number of ether oxygens (including phenoxy) is 1. The molecule has 4 nitrogen and oxygen atoms in total. The van der Waals surface area contributed by atoms with Gasteiger partial charge in [0.1, 0.15) is 6.67 Å². The number of rotatable bonds is 5. The van der Waals surface area contributed by atoms with Gasteiger partial charge < -0.3 is 9.84 Å². The van der Waals surface area contributed by atoms with E-state index in [4.69, 9.17) is 4.74 Å². The van der Waals surface area contributed by atoms with E-state index >= 15 is 0 Å². The third kappa shape index (κ3) is 4.04. The standard InChI is InChI=1S/C23H24FNO3/c1-14-19(21(22(26)27)28-23(2,3)4)20(16-11-9-15(13-24)10-12-16)17-7-5-6-8-18(17)25-14/h5-12,21H,13H2,1-4H3,(H,26,27)/t21-/m0/s1. The molecule has 28 heavy (non-hydrogen) atoms.